The van der Waals surface area contributed by atoms with E-state index in [-0.39, 0.29) is 12.6 Å². The minimum atomic E-state index is -4.19. The van der Waals surface area contributed by atoms with Crippen molar-refractivity contribution in [1.82, 2.24) is 10.3 Å². The molecule has 1 heterocycles. The van der Waals surface area contributed by atoms with Gasteiger partial charge in [-0.3, -0.25) is 4.98 Å². The number of ether oxygens (including phenoxy) is 1. The van der Waals surface area contributed by atoms with Crippen molar-refractivity contribution in [3.8, 4) is 5.75 Å². The summed E-state index contributed by atoms with van der Waals surface area (Å²) in [7, 11) is 0. The summed E-state index contributed by atoms with van der Waals surface area (Å²) in [4.78, 5) is 4.25. The zero-order valence-electron chi connectivity index (χ0n) is 11.8. The lowest BCUT2D eigenvalue weighted by Crippen LogP contribution is -2.22. The molecular formula is C14H21F3N2O. The normalized spacial score (nSPS) is 13.2. The second-order valence-corrected chi connectivity index (χ2v) is 4.55. The summed E-state index contributed by atoms with van der Waals surface area (Å²) in [6, 6.07) is 3.62. The van der Waals surface area contributed by atoms with Crippen LogP contribution in [0.25, 0.3) is 0 Å². The third-order valence-electron chi connectivity index (χ3n) is 2.82. The SMILES string of the molecule is CCCNC(CC)c1ccc(OCCC(F)(F)F)cn1. The first-order valence-electron chi connectivity index (χ1n) is 6.85. The maximum Gasteiger partial charge on any atom is 0.392 e. The molecule has 0 aromatic carbocycles. The summed E-state index contributed by atoms with van der Waals surface area (Å²) in [5.41, 5.74) is 0.879. The molecular weight excluding hydrogens is 269 g/mol. The Balaban J connectivity index is 2.50. The van der Waals surface area contributed by atoms with E-state index in [4.69, 9.17) is 4.74 Å². The van der Waals surface area contributed by atoms with E-state index in [9.17, 15) is 13.2 Å². The quantitative estimate of drug-likeness (QED) is 0.789. The predicted molar refractivity (Wildman–Crippen MR) is 71.7 cm³/mol. The highest BCUT2D eigenvalue weighted by Crippen LogP contribution is 2.21. The smallest absolute Gasteiger partial charge is 0.392 e. The van der Waals surface area contributed by atoms with Crippen LogP contribution in [-0.2, 0) is 0 Å². The Bertz CT molecular complexity index is 379. The lowest BCUT2D eigenvalue weighted by Gasteiger charge is -2.16. The van der Waals surface area contributed by atoms with Gasteiger partial charge in [0.15, 0.2) is 0 Å². The molecule has 1 aromatic rings. The number of nitrogens with one attached hydrogen (secondary N) is 1. The molecule has 1 atom stereocenters. The zero-order valence-corrected chi connectivity index (χ0v) is 11.8. The minimum absolute atomic E-state index is 0.166. The van der Waals surface area contributed by atoms with Gasteiger partial charge in [-0.1, -0.05) is 13.8 Å². The molecule has 0 aliphatic heterocycles. The lowest BCUT2D eigenvalue weighted by molar-refractivity contribution is -0.139. The highest BCUT2D eigenvalue weighted by atomic mass is 19.4. The highest BCUT2D eigenvalue weighted by molar-refractivity contribution is 5.21. The van der Waals surface area contributed by atoms with Gasteiger partial charge in [0.05, 0.1) is 24.9 Å². The first kappa shape index (κ1) is 16.8. The average molecular weight is 290 g/mol. The van der Waals surface area contributed by atoms with Crippen molar-refractivity contribution >= 4 is 0 Å². The molecule has 0 fully saturated rings. The molecule has 1 rings (SSSR count). The monoisotopic (exact) mass is 290 g/mol. The van der Waals surface area contributed by atoms with E-state index in [0.717, 1.165) is 25.1 Å². The predicted octanol–water partition coefficient (Wildman–Crippen LogP) is 3.86. The van der Waals surface area contributed by atoms with Crippen LogP contribution in [0.3, 0.4) is 0 Å². The van der Waals surface area contributed by atoms with Crippen molar-refractivity contribution in [3.05, 3.63) is 24.0 Å². The van der Waals surface area contributed by atoms with Crippen LogP contribution >= 0.6 is 0 Å². The first-order valence-corrected chi connectivity index (χ1v) is 6.85. The van der Waals surface area contributed by atoms with E-state index in [1.807, 2.05) is 0 Å². The van der Waals surface area contributed by atoms with E-state index in [1.54, 1.807) is 12.1 Å². The largest absolute Gasteiger partial charge is 0.492 e. The number of nitrogens with zero attached hydrogens (tertiary/aromatic N) is 1. The van der Waals surface area contributed by atoms with Crippen molar-refractivity contribution in [2.45, 2.75) is 45.3 Å². The van der Waals surface area contributed by atoms with Crippen LogP contribution in [0.4, 0.5) is 13.2 Å². The number of pyridine rings is 1. The molecule has 0 saturated carbocycles. The van der Waals surface area contributed by atoms with Crippen molar-refractivity contribution in [2.75, 3.05) is 13.2 Å². The van der Waals surface area contributed by atoms with Crippen molar-refractivity contribution < 1.29 is 17.9 Å². The minimum Gasteiger partial charge on any atom is -0.492 e. The van der Waals surface area contributed by atoms with E-state index in [2.05, 4.69) is 24.1 Å². The first-order chi connectivity index (χ1) is 9.46. The number of alkyl halides is 3. The fourth-order valence-corrected chi connectivity index (χ4v) is 1.74. The summed E-state index contributed by atoms with van der Waals surface area (Å²) in [6.45, 7) is 4.67. The van der Waals surface area contributed by atoms with Gasteiger partial charge in [0.25, 0.3) is 0 Å². The molecule has 0 bridgehead atoms. The molecule has 0 amide bonds. The molecule has 3 nitrogen and oxygen atoms in total. The maximum atomic E-state index is 12.0. The van der Waals surface area contributed by atoms with Crippen molar-refractivity contribution in [1.29, 1.82) is 0 Å². The summed E-state index contributed by atoms with van der Waals surface area (Å²) < 4.78 is 41.0. The second kappa shape index (κ2) is 8.09. The van der Waals surface area contributed by atoms with Crippen molar-refractivity contribution in [3.63, 3.8) is 0 Å². The van der Waals surface area contributed by atoms with Crippen LogP contribution in [0.5, 0.6) is 5.75 Å². The van der Waals surface area contributed by atoms with Crippen molar-refractivity contribution in [2.24, 2.45) is 0 Å². The molecule has 0 aliphatic carbocycles. The van der Waals surface area contributed by atoms with Gasteiger partial charge < -0.3 is 10.1 Å². The van der Waals surface area contributed by atoms with E-state index < -0.39 is 12.6 Å². The molecule has 0 saturated heterocycles. The maximum absolute atomic E-state index is 12.0. The van der Waals surface area contributed by atoms with Gasteiger partial charge >= 0.3 is 6.18 Å². The topological polar surface area (TPSA) is 34.1 Å². The fourth-order valence-electron chi connectivity index (χ4n) is 1.74. The van der Waals surface area contributed by atoms with Crippen LogP contribution < -0.4 is 10.1 Å². The molecule has 0 radical (unpaired) electrons. The molecule has 0 aliphatic rings. The molecule has 20 heavy (non-hydrogen) atoms. The van der Waals surface area contributed by atoms with Crippen LogP contribution in [0.1, 0.15) is 44.8 Å². The van der Waals surface area contributed by atoms with Crippen LogP contribution in [0.2, 0.25) is 0 Å². The van der Waals surface area contributed by atoms with Gasteiger partial charge in [0.2, 0.25) is 0 Å². The summed E-state index contributed by atoms with van der Waals surface area (Å²) in [5, 5.41) is 3.37. The Morgan fingerprint density at radius 2 is 2.05 bits per heavy atom. The van der Waals surface area contributed by atoms with Gasteiger partial charge in [-0.2, -0.15) is 13.2 Å². The second-order valence-electron chi connectivity index (χ2n) is 4.55. The number of hydrogen-bond donors (Lipinski definition) is 1. The molecule has 1 aromatic heterocycles. The van der Waals surface area contributed by atoms with Crippen LogP contribution in [0.15, 0.2) is 18.3 Å². The van der Waals surface area contributed by atoms with Gasteiger partial charge in [-0.15, -0.1) is 0 Å². The molecule has 114 valence electrons. The summed E-state index contributed by atoms with van der Waals surface area (Å²) in [6.07, 6.45) is -1.73. The van der Waals surface area contributed by atoms with E-state index >= 15 is 0 Å². The Labute approximate surface area is 117 Å². The third-order valence-corrected chi connectivity index (χ3v) is 2.82. The summed E-state index contributed by atoms with van der Waals surface area (Å²) in [5.74, 6) is 0.364. The number of halogens is 3. The zero-order chi connectivity index (χ0) is 15.0. The van der Waals surface area contributed by atoms with Gasteiger partial charge in [0, 0.05) is 6.04 Å². The summed E-state index contributed by atoms with van der Waals surface area (Å²) >= 11 is 0. The molecule has 1 N–H and O–H groups in total. The van der Waals surface area contributed by atoms with Gasteiger partial charge in [-0.25, -0.2) is 0 Å². The number of aromatic nitrogens is 1. The molecule has 6 heteroatoms. The average Bonchev–Trinajstić information content (AvgIpc) is 2.40. The van der Waals surface area contributed by atoms with Gasteiger partial charge in [-0.05, 0) is 31.5 Å². The van der Waals surface area contributed by atoms with Crippen LogP contribution in [0, 0.1) is 0 Å². The van der Waals surface area contributed by atoms with Gasteiger partial charge in [0.1, 0.15) is 5.75 Å². The Morgan fingerprint density at radius 3 is 2.55 bits per heavy atom. The Kier molecular flexibility index (Phi) is 6.78. The number of hydrogen-bond acceptors (Lipinski definition) is 3. The molecule has 1 unspecified atom stereocenters. The number of rotatable bonds is 8. The molecule has 0 spiro atoms. The Hall–Kier alpha value is -1.30. The third kappa shape index (κ3) is 6.23. The van der Waals surface area contributed by atoms with E-state index in [0.29, 0.717) is 5.75 Å². The highest BCUT2D eigenvalue weighted by Gasteiger charge is 2.26. The Morgan fingerprint density at radius 1 is 1.30 bits per heavy atom. The van der Waals surface area contributed by atoms with Crippen LogP contribution in [-0.4, -0.2) is 24.3 Å². The standard InChI is InChI=1S/C14H21F3N2O/c1-3-8-18-12(4-2)13-6-5-11(10-19-13)20-9-7-14(15,16)17/h5-6,10,12,18H,3-4,7-9H2,1-2H3. The fraction of sp³-hybridized carbons (Fsp3) is 0.643. The lowest BCUT2D eigenvalue weighted by atomic mass is 10.1. The van der Waals surface area contributed by atoms with E-state index in [1.165, 1.54) is 6.20 Å².